The van der Waals surface area contributed by atoms with E-state index in [-0.39, 0.29) is 59.1 Å². The fourth-order valence-corrected chi connectivity index (χ4v) is 3.03. The fourth-order valence-electron chi connectivity index (χ4n) is 0.979. The summed E-state index contributed by atoms with van der Waals surface area (Å²) in [5.41, 5.74) is 0. The van der Waals surface area contributed by atoms with E-state index >= 15 is 0 Å². The Hall–Kier alpha value is 1.47. The van der Waals surface area contributed by atoms with Crippen molar-refractivity contribution in [1.29, 1.82) is 0 Å². The third-order valence-corrected chi connectivity index (χ3v) is 5.60. The molecule has 1 heterocycles. The Balaban J connectivity index is 0. The molecule has 18 heavy (non-hydrogen) atoms. The molecule has 0 radical (unpaired) electrons. The Morgan fingerprint density at radius 2 is 1.56 bits per heavy atom. The first-order valence-corrected chi connectivity index (χ1v) is 7.10. The van der Waals surface area contributed by atoms with E-state index in [1.54, 1.807) is 0 Å². The average Bonchev–Trinajstić information content (AvgIpc) is 2.52. The van der Waals surface area contributed by atoms with Crippen LogP contribution in [0.15, 0.2) is 18.7 Å². The summed E-state index contributed by atoms with van der Waals surface area (Å²) >= 11 is 0. The van der Waals surface area contributed by atoms with Gasteiger partial charge in [0, 0.05) is 12.4 Å². The van der Waals surface area contributed by atoms with Gasteiger partial charge in [0.15, 0.2) is 0 Å². The van der Waals surface area contributed by atoms with Crippen LogP contribution in [0.1, 0.15) is 0 Å². The van der Waals surface area contributed by atoms with Crippen LogP contribution in [0.4, 0.5) is 0 Å². The predicted molar refractivity (Wildman–Crippen MR) is 65.6 cm³/mol. The number of hydrogen-bond acceptors (Lipinski definition) is 4. The van der Waals surface area contributed by atoms with E-state index in [1.807, 2.05) is 0 Å². The zero-order valence-corrected chi connectivity index (χ0v) is 9.57. The quantitative estimate of drug-likeness (QED) is 0.304. The third kappa shape index (κ3) is 4.79. The first kappa shape index (κ1) is 21.8. The summed E-state index contributed by atoms with van der Waals surface area (Å²) in [7, 11) is -10.8. The van der Waals surface area contributed by atoms with Gasteiger partial charge in [0.25, 0.3) is 5.08 Å². The third-order valence-electron chi connectivity index (χ3n) is 1.89. The molecule has 0 saturated heterocycles. The van der Waals surface area contributed by atoms with Gasteiger partial charge in [-0.15, -0.1) is 0 Å². The molecule has 0 amide bonds. The number of imidazole rings is 1. The molecule has 13 heteroatoms. The zero-order chi connectivity index (χ0) is 12.6. The van der Waals surface area contributed by atoms with Crippen LogP contribution in [0.2, 0.25) is 0 Å². The Morgan fingerprint density at radius 1 is 1.11 bits per heavy atom. The molecule has 0 spiro atoms. The molecule has 1 rings (SSSR count). The second-order valence-electron chi connectivity index (χ2n) is 3.10. The van der Waals surface area contributed by atoms with Crippen molar-refractivity contribution in [1.82, 2.24) is 9.55 Å². The number of nitrogens with zero attached hydrogens (tertiary/aromatic N) is 2. The second-order valence-corrected chi connectivity index (χ2v) is 7.11. The van der Waals surface area contributed by atoms with Crippen LogP contribution in [-0.2, 0) is 15.7 Å². The minimum atomic E-state index is -5.41. The van der Waals surface area contributed by atoms with Gasteiger partial charge in [-0.05, 0) is 0 Å². The van der Waals surface area contributed by atoms with Crippen LogP contribution in [0.5, 0.6) is 0 Å². The molecule has 9 nitrogen and oxygen atoms in total. The van der Waals surface area contributed by atoms with Crippen LogP contribution in [0.3, 0.4) is 0 Å². The molecule has 1 aromatic rings. The molecule has 0 aromatic carbocycles. The summed E-state index contributed by atoms with van der Waals surface area (Å²) < 4.78 is 22.8. The topological polar surface area (TPSA) is 153 Å². The molecule has 1 aromatic heterocycles. The van der Waals surface area contributed by atoms with Crippen LogP contribution in [-0.4, -0.2) is 98.4 Å². The van der Waals surface area contributed by atoms with E-state index in [0.29, 0.717) is 0 Å². The molecule has 0 fully saturated rings. The number of aliphatic hydroxyl groups is 1. The van der Waals surface area contributed by atoms with Crippen molar-refractivity contribution in [3.63, 3.8) is 0 Å². The van der Waals surface area contributed by atoms with Crippen LogP contribution in [0, 0.1) is 0 Å². The van der Waals surface area contributed by atoms with Crippen molar-refractivity contribution in [2.45, 2.75) is 11.6 Å². The summed E-state index contributed by atoms with van der Waals surface area (Å²) in [4.78, 5) is 38.7. The van der Waals surface area contributed by atoms with Gasteiger partial charge in [-0.1, -0.05) is 0 Å². The molecule has 96 valence electrons. The van der Waals surface area contributed by atoms with E-state index in [4.69, 9.17) is 19.6 Å². The molecule has 0 unspecified atom stereocenters. The first-order valence-electron chi connectivity index (χ1n) is 3.87. The van der Waals surface area contributed by atoms with Gasteiger partial charge in [-0.2, -0.15) is 0 Å². The van der Waals surface area contributed by atoms with Gasteiger partial charge in [-0.25, -0.2) is 4.98 Å². The normalized spacial score (nSPS) is 12.5. The van der Waals surface area contributed by atoms with Gasteiger partial charge in [-0.3, -0.25) is 9.13 Å². The van der Waals surface area contributed by atoms with Crippen molar-refractivity contribution in [3.8, 4) is 0 Å². The molecule has 0 aliphatic carbocycles. The summed E-state index contributed by atoms with van der Waals surface area (Å²) in [6, 6.07) is 0. The fraction of sp³-hybridized carbons (Fsp3) is 0.400. The molecule has 0 saturated carbocycles. The average molecular weight is 320 g/mol. The van der Waals surface area contributed by atoms with Gasteiger partial charge in [0.1, 0.15) is 0 Å². The number of rotatable bonds is 4. The van der Waals surface area contributed by atoms with Crippen molar-refractivity contribution < 1.29 is 33.8 Å². The van der Waals surface area contributed by atoms with Crippen molar-refractivity contribution in [3.05, 3.63) is 18.7 Å². The van der Waals surface area contributed by atoms with Crippen molar-refractivity contribution in [2.75, 3.05) is 0 Å². The monoisotopic (exact) mass is 320 g/mol. The Bertz CT molecular complexity index is 432. The Kier molecular flexibility index (Phi) is 9.03. The molecule has 0 atom stereocenters. The standard InChI is InChI=1S/C5H10N2O7P2.2Na.2H/c8-5(15(9,10)11,16(12,13)14)3-7-2-1-6-4-7;;;;/h1-2,4,8H,3H2,(H2,9,10,11)(H2,12,13,14);;;;. The van der Waals surface area contributed by atoms with Crippen LogP contribution in [0.25, 0.3) is 0 Å². The second kappa shape index (κ2) is 7.47. The van der Waals surface area contributed by atoms with Crippen molar-refractivity contribution >= 4 is 74.3 Å². The maximum absolute atomic E-state index is 10.9. The number of aromatic nitrogens is 2. The SMILES string of the molecule is O=P(O)(O)C(O)(Cn1ccnc1)P(=O)(O)O.[NaH].[NaH]. The summed E-state index contributed by atoms with van der Waals surface area (Å²) in [6.45, 7) is -0.957. The first-order chi connectivity index (χ1) is 7.08. The molecule has 0 bridgehead atoms. The predicted octanol–water partition coefficient (Wildman–Crippen LogP) is -2.41. The zero-order valence-electron chi connectivity index (χ0n) is 7.78. The minimum absolute atomic E-state index is 0. The summed E-state index contributed by atoms with van der Waals surface area (Å²) in [6.07, 6.45) is 3.51. The van der Waals surface area contributed by atoms with Gasteiger partial charge >= 0.3 is 74.3 Å². The van der Waals surface area contributed by atoms with E-state index in [9.17, 15) is 14.2 Å². The molecular weight excluding hydrogens is 308 g/mol. The number of hydrogen-bond donors (Lipinski definition) is 5. The summed E-state index contributed by atoms with van der Waals surface area (Å²) in [5.74, 6) is 0. The molecular formula is C5H12N2Na2O7P2. The molecule has 0 aliphatic heterocycles. The van der Waals surface area contributed by atoms with Gasteiger partial charge in [0.05, 0.1) is 12.9 Å². The van der Waals surface area contributed by atoms with Crippen molar-refractivity contribution in [2.24, 2.45) is 0 Å². The Labute approximate surface area is 147 Å². The Morgan fingerprint density at radius 3 is 1.83 bits per heavy atom. The van der Waals surface area contributed by atoms with E-state index in [1.165, 1.54) is 12.4 Å². The van der Waals surface area contributed by atoms with E-state index in [0.717, 1.165) is 10.9 Å². The molecule has 5 N–H and O–H groups in total. The maximum atomic E-state index is 10.9. The van der Waals surface area contributed by atoms with Gasteiger partial charge in [0.2, 0.25) is 0 Å². The van der Waals surface area contributed by atoms with Crippen LogP contribution < -0.4 is 0 Å². The molecule has 0 aliphatic rings. The summed E-state index contributed by atoms with van der Waals surface area (Å²) in [5, 5.41) is 6.04. The van der Waals surface area contributed by atoms with Gasteiger partial charge < -0.3 is 29.2 Å². The van der Waals surface area contributed by atoms with Crippen LogP contribution >= 0.6 is 15.2 Å². The van der Waals surface area contributed by atoms with E-state index in [2.05, 4.69) is 4.98 Å². The van der Waals surface area contributed by atoms with E-state index < -0.39 is 26.8 Å².